The summed E-state index contributed by atoms with van der Waals surface area (Å²) < 4.78 is 38.3. The van der Waals surface area contributed by atoms with Crippen LogP contribution in [0.2, 0.25) is 0 Å². The fourth-order valence-electron chi connectivity index (χ4n) is 2.10. The van der Waals surface area contributed by atoms with E-state index in [1.165, 1.54) is 6.07 Å². The summed E-state index contributed by atoms with van der Waals surface area (Å²) in [6, 6.07) is 4.89. The molecule has 1 amide bonds. The summed E-state index contributed by atoms with van der Waals surface area (Å²) in [5.41, 5.74) is 1.16. The molecule has 0 unspecified atom stereocenters. The van der Waals surface area contributed by atoms with Gasteiger partial charge in [-0.15, -0.1) is 0 Å². The van der Waals surface area contributed by atoms with E-state index in [1.807, 2.05) is 0 Å². The number of halogens is 3. The largest absolute Gasteiger partial charge is 0.409 e. The molecule has 1 aromatic carbocycles. The SMILES string of the molecule is Cc1cccc(N2C(=O)CC[C@@H]2C(F)(F)F)c1. The van der Waals surface area contributed by atoms with Crippen LogP contribution in [-0.2, 0) is 4.79 Å². The number of benzene rings is 1. The van der Waals surface area contributed by atoms with E-state index in [1.54, 1.807) is 25.1 Å². The van der Waals surface area contributed by atoms with E-state index in [0.717, 1.165) is 10.5 Å². The first kappa shape index (κ1) is 12.0. The molecule has 1 fully saturated rings. The van der Waals surface area contributed by atoms with Crippen LogP contribution in [0.15, 0.2) is 24.3 Å². The van der Waals surface area contributed by atoms with Crippen LogP contribution in [0.25, 0.3) is 0 Å². The van der Waals surface area contributed by atoms with Gasteiger partial charge in [-0.1, -0.05) is 12.1 Å². The highest BCUT2D eigenvalue weighted by atomic mass is 19.4. The first-order valence-corrected chi connectivity index (χ1v) is 5.35. The smallest absolute Gasteiger partial charge is 0.300 e. The van der Waals surface area contributed by atoms with Crippen molar-refractivity contribution in [3.8, 4) is 0 Å². The molecule has 2 rings (SSSR count). The molecule has 0 aliphatic carbocycles. The van der Waals surface area contributed by atoms with Gasteiger partial charge in [0.15, 0.2) is 0 Å². The molecule has 0 bridgehead atoms. The molecule has 0 N–H and O–H groups in total. The van der Waals surface area contributed by atoms with Gasteiger partial charge in [0.05, 0.1) is 0 Å². The minimum Gasteiger partial charge on any atom is -0.300 e. The molecule has 2 nitrogen and oxygen atoms in total. The summed E-state index contributed by atoms with van der Waals surface area (Å²) in [7, 11) is 0. The molecule has 1 aliphatic heterocycles. The molecular weight excluding hydrogens is 231 g/mol. The Hall–Kier alpha value is -1.52. The van der Waals surface area contributed by atoms with Crippen molar-refractivity contribution in [1.29, 1.82) is 0 Å². The zero-order valence-corrected chi connectivity index (χ0v) is 9.29. The number of nitrogens with zero attached hydrogens (tertiary/aromatic N) is 1. The molecule has 17 heavy (non-hydrogen) atoms. The van der Waals surface area contributed by atoms with Crippen molar-refractivity contribution in [3.63, 3.8) is 0 Å². The Balaban J connectivity index is 2.38. The Morgan fingerprint density at radius 3 is 2.65 bits per heavy atom. The van der Waals surface area contributed by atoms with Gasteiger partial charge in [-0.2, -0.15) is 13.2 Å². The van der Waals surface area contributed by atoms with Crippen LogP contribution in [0.5, 0.6) is 0 Å². The average Bonchev–Trinajstić information content (AvgIpc) is 2.59. The van der Waals surface area contributed by atoms with E-state index in [4.69, 9.17) is 0 Å². The fourth-order valence-corrected chi connectivity index (χ4v) is 2.10. The lowest BCUT2D eigenvalue weighted by atomic mass is 10.1. The van der Waals surface area contributed by atoms with E-state index < -0.39 is 18.1 Å². The minimum atomic E-state index is -4.37. The molecular formula is C12H12F3NO. The van der Waals surface area contributed by atoms with E-state index in [9.17, 15) is 18.0 Å². The van der Waals surface area contributed by atoms with Crippen LogP contribution in [0.3, 0.4) is 0 Å². The molecule has 5 heteroatoms. The van der Waals surface area contributed by atoms with Gasteiger partial charge >= 0.3 is 6.18 Å². The molecule has 1 heterocycles. The third-order valence-corrected chi connectivity index (χ3v) is 2.87. The van der Waals surface area contributed by atoms with Crippen molar-refractivity contribution in [2.24, 2.45) is 0 Å². The monoisotopic (exact) mass is 243 g/mol. The maximum absolute atomic E-state index is 12.8. The third-order valence-electron chi connectivity index (χ3n) is 2.87. The molecule has 1 aromatic rings. The van der Waals surface area contributed by atoms with Crippen LogP contribution >= 0.6 is 0 Å². The lowest BCUT2D eigenvalue weighted by molar-refractivity contribution is -0.148. The van der Waals surface area contributed by atoms with Crippen LogP contribution in [0, 0.1) is 6.92 Å². The van der Waals surface area contributed by atoms with Crippen LogP contribution < -0.4 is 4.90 Å². The Morgan fingerprint density at radius 1 is 1.35 bits per heavy atom. The number of rotatable bonds is 1. The first-order chi connectivity index (χ1) is 7.89. The number of aryl methyl sites for hydroxylation is 1. The van der Waals surface area contributed by atoms with Crippen molar-refractivity contribution in [3.05, 3.63) is 29.8 Å². The predicted octanol–water partition coefficient (Wildman–Crippen LogP) is 3.05. The summed E-state index contributed by atoms with van der Waals surface area (Å²) in [4.78, 5) is 12.4. The Morgan fingerprint density at radius 2 is 2.06 bits per heavy atom. The summed E-state index contributed by atoms with van der Waals surface area (Å²) in [5, 5.41) is 0. The zero-order chi connectivity index (χ0) is 12.6. The second-order valence-corrected chi connectivity index (χ2v) is 4.20. The fraction of sp³-hybridized carbons (Fsp3) is 0.417. The van der Waals surface area contributed by atoms with Gasteiger partial charge in [-0.05, 0) is 31.0 Å². The average molecular weight is 243 g/mol. The van der Waals surface area contributed by atoms with Crippen molar-refractivity contribution in [2.75, 3.05) is 4.90 Å². The Labute approximate surface area is 97.0 Å². The number of hydrogen-bond donors (Lipinski definition) is 0. The molecule has 0 saturated carbocycles. The summed E-state index contributed by atoms with van der Waals surface area (Å²) in [6.45, 7) is 1.78. The number of alkyl halides is 3. The van der Waals surface area contributed by atoms with Gasteiger partial charge in [-0.3, -0.25) is 4.79 Å². The molecule has 0 aromatic heterocycles. The van der Waals surface area contributed by atoms with Crippen LogP contribution in [0.1, 0.15) is 18.4 Å². The zero-order valence-electron chi connectivity index (χ0n) is 9.29. The Bertz CT molecular complexity index is 442. The third kappa shape index (κ3) is 2.28. The highest BCUT2D eigenvalue weighted by Crippen LogP contribution is 2.36. The lowest BCUT2D eigenvalue weighted by Gasteiger charge is -2.26. The minimum absolute atomic E-state index is 0.0435. The maximum Gasteiger partial charge on any atom is 0.409 e. The van der Waals surface area contributed by atoms with Crippen molar-refractivity contribution < 1.29 is 18.0 Å². The van der Waals surface area contributed by atoms with Crippen molar-refractivity contribution in [2.45, 2.75) is 32.0 Å². The Kier molecular flexibility index (Phi) is 2.85. The molecule has 1 atom stereocenters. The lowest BCUT2D eigenvalue weighted by Crippen LogP contribution is -2.43. The predicted molar refractivity (Wildman–Crippen MR) is 57.7 cm³/mol. The standard InChI is InChI=1S/C12H12F3NO/c1-8-3-2-4-9(7-8)16-10(12(13,14)15)5-6-11(16)17/h2-4,7,10H,5-6H2,1H3/t10-/m1/s1. The highest BCUT2D eigenvalue weighted by molar-refractivity contribution is 5.96. The topological polar surface area (TPSA) is 20.3 Å². The second-order valence-electron chi connectivity index (χ2n) is 4.20. The molecule has 0 spiro atoms. The van der Waals surface area contributed by atoms with Gasteiger partial charge in [0.1, 0.15) is 6.04 Å². The highest BCUT2D eigenvalue weighted by Gasteiger charge is 2.49. The van der Waals surface area contributed by atoms with E-state index in [2.05, 4.69) is 0 Å². The normalized spacial score (nSPS) is 21.1. The number of carbonyl (C=O) groups excluding carboxylic acids is 1. The van der Waals surface area contributed by atoms with Gasteiger partial charge in [-0.25, -0.2) is 0 Å². The second kappa shape index (κ2) is 4.05. The summed E-state index contributed by atoms with van der Waals surface area (Å²) in [5.74, 6) is -0.460. The van der Waals surface area contributed by atoms with Gasteiger partial charge in [0, 0.05) is 12.1 Å². The summed E-state index contributed by atoms with van der Waals surface area (Å²) in [6.07, 6.45) is -4.57. The first-order valence-electron chi connectivity index (χ1n) is 5.35. The van der Waals surface area contributed by atoms with E-state index in [-0.39, 0.29) is 12.8 Å². The quantitative estimate of drug-likeness (QED) is 0.742. The maximum atomic E-state index is 12.8. The van der Waals surface area contributed by atoms with Gasteiger partial charge < -0.3 is 4.90 Å². The molecule has 0 radical (unpaired) electrons. The summed E-state index contributed by atoms with van der Waals surface area (Å²) >= 11 is 0. The number of hydrogen-bond acceptors (Lipinski definition) is 1. The molecule has 1 saturated heterocycles. The van der Waals surface area contributed by atoms with E-state index in [0.29, 0.717) is 5.69 Å². The van der Waals surface area contributed by atoms with Crippen molar-refractivity contribution >= 4 is 11.6 Å². The van der Waals surface area contributed by atoms with Gasteiger partial charge in [0.25, 0.3) is 0 Å². The van der Waals surface area contributed by atoms with Crippen molar-refractivity contribution in [1.82, 2.24) is 0 Å². The number of carbonyl (C=O) groups is 1. The number of amides is 1. The van der Waals surface area contributed by atoms with Crippen LogP contribution in [-0.4, -0.2) is 18.1 Å². The van der Waals surface area contributed by atoms with Gasteiger partial charge in [0.2, 0.25) is 5.91 Å². The molecule has 1 aliphatic rings. The van der Waals surface area contributed by atoms with E-state index >= 15 is 0 Å². The van der Waals surface area contributed by atoms with Crippen LogP contribution in [0.4, 0.5) is 18.9 Å². The molecule has 92 valence electrons. The number of anilines is 1.